The smallest absolute Gasteiger partial charge is 0.0462 e. The molecule has 0 aromatic carbocycles. The molecule has 1 fully saturated rings. The first kappa shape index (κ1) is 14.0. The Labute approximate surface area is 101 Å². The number of rotatable bonds is 7. The van der Waals surface area contributed by atoms with Crippen molar-refractivity contribution >= 4 is 0 Å². The van der Waals surface area contributed by atoms with E-state index in [2.05, 4.69) is 6.92 Å². The van der Waals surface area contributed by atoms with E-state index in [1.165, 1.54) is 51.4 Å². The molecule has 0 spiro atoms. The fraction of sp³-hybridized carbons (Fsp3) is 1.00. The lowest BCUT2D eigenvalue weighted by Crippen LogP contribution is -2.43. The Morgan fingerprint density at radius 1 is 1.25 bits per heavy atom. The molecule has 0 saturated heterocycles. The van der Waals surface area contributed by atoms with Crippen LogP contribution in [-0.4, -0.2) is 19.3 Å². The second-order valence-corrected chi connectivity index (χ2v) is 5.54. The predicted octanol–water partition coefficient (Wildman–Crippen LogP) is 3.49. The van der Waals surface area contributed by atoms with Crippen LogP contribution in [0.25, 0.3) is 0 Å². The molecule has 2 nitrogen and oxygen atoms in total. The van der Waals surface area contributed by atoms with Gasteiger partial charge in [0.05, 0.1) is 0 Å². The topological polar surface area (TPSA) is 35.2 Å². The first-order valence-corrected chi connectivity index (χ1v) is 6.98. The monoisotopic (exact) mass is 227 g/mol. The molecular weight excluding hydrogens is 198 g/mol. The highest BCUT2D eigenvalue weighted by Crippen LogP contribution is 2.35. The zero-order valence-electron chi connectivity index (χ0n) is 11.1. The van der Waals surface area contributed by atoms with Gasteiger partial charge in [0.1, 0.15) is 0 Å². The van der Waals surface area contributed by atoms with Crippen molar-refractivity contribution in [3.8, 4) is 0 Å². The van der Waals surface area contributed by atoms with Crippen molar-refractivity contribution < 1.29 is 4.74 Å². The maximum Gasteiger partial charge on any atom is 0.0462 e. The zero-order chi connectivity index (χ0) is 11.9. The van der Waals surface area contributed by atoms with E-state index in [0.717, 1.165) is 18.9 Å². The van der Waals surface area contributed by atoms with Crippen LogP contribution < -0.4 is 5.73 Å². The fourth-order valence-corrected chi connectivity index (χ4v) is 2.92. The second kappa shape index (κ2) is 7.29. The van der Waals surface area contributed by atoms with Gasteiger partial charge in [0, 0.05) is 19.3 Å². The Morgan fingerprint density at radius 2 is 1.94 bits per heavy atom. The number of hydrogen-bond acceptors (Lipinski definition) is 2. The average Bonchev–Trinajstić information content (AvgIpc) is 2.29. The summed E-state index contributed by atoms with van der Waals surface area (Å²) in [4.78, 5) is 0. The summed E-state index contributed by atoms with van der Waals surface area (Å²) in [6.45, 7) is 3.17. The molecule has 1 aliphatic carbocycles. The van der Waals surface area contributed by atoms with Crippen LogP contribution in [0, 0.1) is 5.92 Å². The molecule has 2 heteroatoms. The number of hydrogen-bond donors (Lipinski definition) is 1. The third kappa shape index (κ3) is 4.84. The SMILES string of the molecule is CCCC1CCC(N)(CCCCOC)CC1. The molecule has 0 amide bonds. The van der Waals surface area contributed by atoms with E-state index in [-0.39, 0.29) is 5.54 Å². The van der Waals surface area contributed by atoms with Crippen LogP contribution in [-0.2, 0) is 4.74 Å². The summed E-state index contributed by atoms with van der Waals surface area (Å²) in [6.07, 6.45) is 11.5. The van der Waals surface area contributed by atoms with Gasteiger partial charge in [0.15, 0.2) is 0 Å². The van der Waals surface area contributed by atoms with Gasteiger partial charge >= 0.3 is 0 Å². The van der Waals surface area contributed by atoms with E-state index in [4.69, 9.17) is 10.5 Å². The van der Waals surface area contributed by atoms with Crippen LogP contribution >= 0.6 is 0 Å². The molecule has 2 N–H and O–H groups in total. The summed E-state index contributed by atoms with van der Waals surface area (Å²) in [5.74, 6) is 0.959. The number of methoxy groups -OCH3 is 1. The van der Waals surface area contributed by atoms with Gasteiger partial charge in [-0.1, -0.05) is 19.8 Å². The highest BCUT2D eigenvalue weighted by Gasteiger charge is 2.30. The predicted molar refractivity (Wildman–Crippen MR) is 69.5 cm³/mol. The van der Waals surface area contributed by atoms with Gasteiger partial charge in [-0.05, 0) is 50.9 Å². The summed E-state index contributed by atoms with van der Waals surface area (Å²) in [5, 5.41) is 0. The molecule has 0 aromatic heterocycles. The molecule has 1 aliphatic rings. The van der Waals surface area contributed by atoms with E-state index in [1.54, 1.807) is 7.11 Å². The van der Waals surface area contributed by atoms with Crippen molar-refractivity contribution in [3.63, 3.8) is 0 Å². The van der Waals surface area contributed by atoms with Gasteiger partial charge < -0.3 is 10.5 Å². The molecule has 0 heterocycles. The highest BCUT2D eigenvalue weighted by atomic mass is 16.5. The molecular formula is C14H29NO. The Bertz CT molecular complexity index is 168. The second-order valence-electron chi connectivity index (χ2n) is 5.54. The number of ether oxygens (including phenoxy) is 1. The molecule has 96 valence electrons. The third-order valence-electron chi connectivity index (χ3n) is 4.07. The van der Waals surface area contributed by atoms with Gasteiger partial charge in [-0.15, -0.1) is 0 Å². The summed E-state index contributed by atoms with van der Waals surface area (Å²) in [6, 6.07) is 0. The normalized spacial score (nSPS) is 30.6. The minimum Gasteiger partial charge on any atom is -0.385 e. The molecule has 0 radical (unpaired) electrons. The maximum atomic E-state index is 6.46. The summed E-state index contributed by atoms with van der Waals surface area (Å²) >= 11 is 0. The van der Waals surface area contributed by atoms with Crippen LogP contribution in [0.3, 0.4) is 0 Å². The van der Waals surface area contributed by atoms with Crippen molar-refractivity contribution in [2.75, 3.05) is 13.7 Å². The van der Waals surface area contributed by atoms with Crippen molar-refractivity contribution in [1.29, 1.82) is 0 Å². The fourth-order valence-electron chi connectivity index (χ4n) is 2.92. The van der Waals surface area contributed by atoms with Crippen molar-refractivity contribution in [2.24, 2.45) is 11.7 Å². The molecule has 0 aromatic rings. The van der Waals surface area contributed by atoms with Crippen molar-refractivity contribution in [1.82, 2.24) is 0 Å². The number of unbranched alkanes of at least 4 members (excludes halogenated alkanes) is 1. The minimum absolute atomic E-state index is 0.151. The molecule has 0 aliphatic heterocycles. The highest BCUT2D eigenvalue weighted by molar-refractivity contribution is 4.89. The van der Waals surface area contributed by atoms with Crippen LogP contribution in [0.5, 0.6) is 0 Å². The Hall–Kier alpha value is -0.0800. The van der Waals surface area contributed by atoms with Gasteiger partial charge in [-0.3, -0.25) is 0 Å². The lowest BCUT2D eigenvalue weighted by molar-refractivity contribution is 0.176. The van der Waals surface area contributed by atoms with Gasteiger partial charge in [-0.2, -0.15) is 0 Å². The van der Waals surface area contributed by atoms with Crippen LogP contribution in [0.1, 0.15) is 64.7 Å². The zero-order valence-corrected chi connectivity index (χ0v) is 11.1. The molecule has 0 unspecified atom stereocenters. The van der Waals surface area contributed by atoms with Gasteiger partial charge in [0.25, 0.3) is 0 Å². The van der Waals surface area contributed by atoms with Gasteiger partial charge in [0.2, 0.25) is 0 Å². The van der Waals surface area contributed by atoms with E-state index in [9.17, 15) is 0 Å². The lowest BCUT2D eigenvalue weighted by atomic mass is 9.73. The molecule has 1 rings (SSSR count). The van der Waals surface area contributed by atoms with Gasteiger partial charge in [-0.25, -0.2) is 0 Å². The van der Waals surface area contributed by atoms with Crippen LogP contribution in [0.4, 0.5) is 0 Å². The summed E-state index contributed by atoms with van der Waals surface area (Å²) < 4.78 is 5.07. The van der Waals surface area contributed by atoms with Crippen molar-refractivity contribution in [3.05, 3.63) is 0 Å². The van der Waals surface area contributed by atoms with Crippen LogP contribution in [0.2, 0.25) is 0 Å². The Morgan fingerprint density at radius 3 is 2.50 bits per heavy atom. The average molecular weight is 227 g/mol. The first-order valence-electron chi connectivity index (χ1n) is 6.98. The van der Waals surface area contributed by atoms with E-state index in [1.807, 2.05) is 0 Å². The summed E-state index contributed by atoms with van der Waals surface area (Å²) in [7, 11) is 1.77. The molecule has 0 atom stereocenters. The quantitative estimate of drug-likeness (QED) is 0.676. The van der Waals surface area contributed by atoms with Crippen LogP contribution in [0.15, 0.2) is 0 Å². The molecule has 1 saturated carbocycles. The summed E-state index contributed by atoms with van der Waals surface area (Å²) in [5.41, 5.74) is 6.61. The molecule has 0 bridgehead atoms. The minimum atomic E-state index is 0.151. The standard InChI is InChI=1S/C14H29NO/c1-3-6-13-7-10-14(15,11-8-13)9-4-5-12-16-2/h13H,3-12,15H2,1-2H3. The third-order valence-corrected chi connectivity index (χ3v) is 4.07. The largest absolute Gasteiger partial charge is 0.385 e. The van der Waals surface area contributed by atoms with E-state index >= 15 is 0 Å². The number of nitrogens with two attached hydrogens (primary N) is 1. The molecule has 16 heavy (non-hydrogen) atoms. The van der Waals surface area contributed by atoms with E-state index in [0.29, 0.717) is 0 Å². The lowest BCUT2D eigenvalue weighted by Gasteiger charge is -2.37. The Kier molecular flexibility index (Phi) is 6.37. The van der Waals surface area contributed by atoms with E-state index < -0.39 is 0 Å². The van der Waals surface area contributed by atoms with Crippen molar-refractivity contribution in [2.45, 2.75) is 70.3 Å². The Balaban J connectivity index is 2.16. The maximum absolute atomic E-state index is 6.46. The first-order chi connectivity index (χ1) is 7.70.